The maximum atomic E-state index is 13.2. The summed E-state index contributed by atoms with van der Waals surface area (Å²) in [6.45, 7) is 1.17. The molecule has 0 bridgehead atoms. The molecule has 2 nitrogen and oxygen atoms in total. The third-order valence-electron chi connectivity index (χ3n) is 3.52. The van der Waals surface area contributed by atoms with E-state index in [1.165, 1.54) is 17.7 Å². The van der Waals surface area contributed by atoms with Crippen molar-refractivity contribution in [1.29, 1.82) is 0 Å². The molecule has 1 aromatic heterocycles. The van der Waals surface area contributed by atoms with Crippen LogP contribution in [0.3, 0.4) is 0 Å². The average molecular weight is 289 g/mol. The zero-order valence-electron chi connectivity index (χ0n) is 11.1. The zero-order chi connectivity index (χ0) is 13.9. The molecule has 1 saturated carbocycles. The molecule has 20 heavy (non-hydrogen) atoms. The Labute approximate surface area is 121 Å². The Bertz CT molecular complexity index is 592. The summed E-state index contributed by atoms with van der Waals surface area (Å²) in [5.74, 6) is -0.363. The van der Waals surface area contributed by atoms with Crippen LogP contribution in [0.4, 0.5) is 4.39 Å². The lowest BCUT2D eigenvalue weighted by Gasteiger charge is -2.20. The molecule has 104 valence electrons. The lowest BCUT2D eigenvalue weighted by molar-refractivity contribution is 0.0919. The van der Waals surface area contributed by atoms with Gasteiger partial charge in [-0.25, -0.2) is 4.39 Å². The molecule has 0 spiro atoms. The van der Waals surface area contributed by atoms with E-state index in [0.717, 1.165) is 19.4 Å². The average Bonchev–Trinajstić information content (AvgIpc) is 3.16. The van der Waals surface area contributed by atoms with E-state index in [4.69, 9.17) is 0 Å². The number of ketones is 1. The summed E-state index contributed by atoms with van der Waals surface area (Å²) in [5, 5.41) is 4.16. The molecule has 1 aliphatic carbocycles. The predicted molar refractivity (Wildman–Crippen MR) is 78.5 cm³/mol. The molecule has 0 atom stereocenters. The van der Waals surface area contributed by atoms with Gasteiger partial charge in [0, 0.05) is 18.2 Å². The van der Waals surface area contributed by atoms with Crippen molar-refractivity contribution < 1.29 is 9.18 Å². The second-order valence-corrected chi connectivity index (χ2v) is 5.98. The SMILES string of the molecule is O=C(CN(Cc1ccsc1)C1CC1)c1cccc(F)c1. The zero-order valence-corrected chi connectivity index (χ0v) is 11.9. The third-order valence-corrected chi connectivity index (χ3v) is 4.25. The third kappa shape index (κ3) is 3.32. The van der Waals surface area contributed by atoms with Gasteiger partial charge < -0.3 is 0 Å². The number of hydrogen-bond donors (Lipinski definition) is 0. The normalized spacial score (nSPS) is 14.7. The lowest BCUT2D eigenvalue weighted by Crippen LogP contribution is -2.31. The summed E-state index contributed by atoms with van der Waals surface area (Å²) < 4.78 is 13.2. The molecule has 0 amide bonds. The van der Waals surface area contributed by atoms with Crippen molar-refractivity contribution in [2.24, 2.45) is 0 Å². The number of halogens is 1. The van der Waals surface area contributed by atoms with Crippen molar-refractivity contribution in [3.63, 3.8) is 0 Å². The van der Waals surface area contributed by atoms with E-state index < -0.39 is 0 Å². The highest BCUT2D eigenvalue weighted by atomic mass is 32.1. The first-order valence-corrected chi connectivity index (χ1v) is 7.70. The fraction of sp³-hybridized carbons (Fsp3) is 0.312. The number of Topliss-reactive ketones (excluding diaryl/α,β-unsaturated/α-hetero) is 1. The minimum Gasteiger partial charge on any atom is -0.293 e. The maximum Gasteiger partial charge on any atom is 0.176 e. The first-order valence-electron chi connectivity index (χ1n) is 6.76. The van der Waals surface area contributed by atoms with Gasteiger partial charge in [0.15, 0.2) is 5.78 Å². The van der Waals surface area contributed by atoms with E-state index in [-0.39, 0.29) is 11.6 Å². The van der Waals surface area contributed by atoms with Crippen molar-refractivity contribution >= 4 is 17.1 Å². The van der Waals surface area contributed by atoms with E-state index in [1.54, 1.807) is 23.5 Å². The smallest absolute Gasteiger partial charge is 0.176 e. The molecule has 1 aromatic carbocycles. The molecule has 3 rings (SSSR count). The Kier molecular flexibility index (Phi) is 3.94. The van der Waals surface area contributed by atoms with Crippen LogP contribution in [-0.4, -0.2) is 23.3 Å². The number of benzene rings is 1. The summed E-state index contributed by atoms with van der Waals surface area (Å²) >= 11 is 1.67. The molecular weight excluding hydrogens is 273 g/mol. The Hall–Kier alpha value is -1.52. The largest absolute Gasteiger partial charge is 0.293 e. The van der Waals surface area contributed by atoms with Crippen molar-refractivity contribution in [3.05, 3.63) is 58.0 Å². The van der Waals surface area contributed by atoms with Crippen LogP contribution in [0, 0.1) is 5.82 Å². The van der Waals surface area contributed by atoms with Gasteiger partial charge in [0.1, 0.15) is 5.82 Å². The molecule has 0 saturated heterocycles. The molecule has 0 N–H and O–H groups in total. The minimum absolute atomic E-state index is 0.00775. The quantitative estimate of drug-likeness (QED) is 0.755. The summed E-state index contributed by atoms with van der Waals surface area (Å²) in [6.07, 6.45) is 2.31. The standard InChI is InChI=1S/C16H16FNOS/c17-14-3-1-2-13(8-14)16(19)10-18(15-4-5-15)9-12-6-7-20-11-12/h1-3,6-8,11,15H,4-5,9-10H2. The monoisotopic (exact) mass is 289 g/mol. The molecule has 4 heteroatoms. The van der Waals surface area contributed by atoms with Gasteiger partial charge >= 0.3 is 0 Å². The van der Waals surface area contributed by atoms with Gasteiger partial charge in [0.25, 0.3) is 0 Å². The van der Waals surface area contributed by atoms with Crippen LogP contribution in [0.2, 0.25) is 0 Å². The van der Waals surface area contributed by atoms with E-state index in [9.17, 15) is 9.18 Å². The molecule has 0 radical (unpaired) electrons. The highest BCUT2D eigenvalue weighted by molar-refractivity contribution is 7.07. The molecule has 1 heterocycles. The van der Waals surface area contributed by atoms with E-state index >= 15 is 0 Å². The van der Waals surface area contributed by atoms with Crippen LogP contribution in [0.5, 0.6) is 0 Å². The fourth-order valence-corrected chi connectivity index (χ4v) is 2.97. The lowest BCUT2D eigenvalue weighted by atomic mass is 10.1. The van der Waals surface area contributed by atoms with Gasteiger partial charge in [-0.3, -0.25) is 9.69 Å². The number of nitrogens with zero attached hydrogens (tertiary/aromatic N) is 1. The highest BCUT2D eigenvalue weighted by Crippen LogP contribution is 2.28. The number of hydrogen-bond acceptors (Lipinski definition) is 3. The summed E-state index contributed by atoms with van der Waals surface area (Å²) in [6, 6.07) is 8.54. The molecule has 0 aliphatic heterocycles. The molecule has 2 aromatic rings. The second-order valence-electron chi connectivity index (χ2n) is 5.20. The first kappa shape index (κ1) is 13.5. The molecular formula is C16H16FNOS. The predicted octanol–water partition coefficient (Wildman–Crippen LogP) is 3.73. The number of thiophene rings is 1. The van der Waals surface area contributed by atoms with Crippen LogP contribution >= 0.6 is 11.3 Å². The second kappa shape index (κ2) is 5.85. The maximum absolute atomic E-state index is 13.2. The van der Waals surface area contributed by atoms with Crippen LogP contribution in [-0.2, 0) is 6.54 Å². The van der Waals surface area contributed by atoms with Gasteiger partial charge in [-0.1, -0.05) is 12.1 Å². The van der Waals surface area contributed by atoms with Gasteiger partial charge in [0.05, 0.1) is 6.54 Å². The first-order chi connectivity index (χ1) is 9.72. The Morgan fingerprint density at radius 3 is 2.85 bits per heavy atom. The van der Waals surface area contributed by atoms with Crippen LogP contribution in [0.1, 0.15) is 28.8 Å². The minimum atomic E-state index is -0.355. The number of carbonyl (C=O) groups is 1. The topological polar surface area (TPSA) is 20.3 Å². The van der Waals surface area contributed by atoms with Crippen LogP contribution in [0.25, 0.3) is 0 Å². The van der Waals surface area contributed by atoms with Crippen molar-refractivity contribution in [1.82, 2.24) is 4.90 Å². The summed E-state index contributed by atoms with van der Waals surface area (Å²) in [4.78, 5) is 14.5. The number of rotatable bonds is 6. The van der Waals surface area contributed by atoms with Gasteiger partial charge in [-0.2, -0.15) is 11.3 Å². The fourth-order valence-electron chi connectivity index (χ4n) is 2.31. The Balaban J connectivity index is 1.68. The Morgan fingerprint density at radius 2 is 2.20 bits per heavy atom. The van der Waals surface area contributed by atoms with E-state index in [0.29, 0.717) is 18.2 Å². The van der Waals surface area contributed by atoms with Gasteiger partial charge in [-0.05, 0) is 47.4 Å². The van der Waals surface area contributed by atoms with Gasteiger partial charge in [0.2, 0.25) is 0 Å². The highest BCUT2D eigenvalue weighted by Gasteiger charge is 2.30. The van der Waals surface area contributed by atoms with Crippen molar-refractivity contribution in [2.45, 2.75) is 25.4 Å². The summed E-state index contributed by atoms with van der Waals surface area (Å²) in [5.41, 5.74) is 1.70. The van der Waals surface area contributed by atoms with E-state index in [2.05, 4.69) is 21.7 Å². The van der Waals surface area contributed by atoms with Gasteiger partial charge in [-0.15, -0.1) is 0 Å². The van der Waals surface area contributed by atoms with E-state index in [1.807, 2.05) is 0 Å². The molecule has 0 unspecified atom stereocenters. The molecule has 1 aliphatic rings. The van der Waals surface area contributed by atoms with Crippen molar-refractivity contribution in [3.8, 4) is 0 Å². The number of carbonyl (C=O) groups excluding carboxylic acids is 1. The van der Waals surface area contributed by atoms with Crippen molar-refractivity contribution in [2.75, 3.05) is 6.54 Å². The summed E-state index contributed by atoms with van der Waals surface area (Å²) in [7, 11) is 0. The Morgan fingerprint density at radius 1 is 1.35 bits per heavy atom. The molecule has 1 fully saturated rings. The van der Waals surface area contributed by atoms with Crippen LogP contribution in [0.15, 0.2) is 41.1 Å². The van der Waals surface area contributed by atoms with Crippen LogP contribution < -0.4 is 0 Å².